The van der Waals surface area contributed by atoms with Crippen LogP contribution in [0.2, 0.25) is 5.28 Å². The predicted molar refractivity (Wildman–Crippen MR) is 83.0 cm³/mol. The summed E-state index contributed by atoms with van der Waals surface area (Å²) in [5.74, 6) is 0.767. The van der Waals surface area contributed by atoms with Crippen molar-refractivity contribution in [3.05, 3.63) is 29.2 Å². The van der Waals surface area contributed by atoms with Gasteiger partial charge in [-0.15, -0.1) is 0 Å². The Balaban J connectivity index is 1.98. The Morgan fingerprint density at radius 1 is 1.29 bits per heavy atom. The lowest BCUT2D eigenvalue weighted by Crippen LogP contribution is -1.99. The van der Waals surface area contributed by atoms with Crippen molar-refractivity contribution in [1.82, 2.24) is 19.9 Å². The second-order valence-electron chi connectivity index (χ2n) is 4.32. The van der Waals surface area contributed by atoms with Gasteiger partial charge in [-0.05, 0) is 42.4 Å². The van der Waals surface area contributed by atoms with Crippen molar-refractivity contribution in [2.75, 3.05) is 12.8 Å². The standard InChI is InChI=1S/C13H12ClN5OS/c1-6-10(15)11(19-12(14)16-6)21-13-17-8-4-3-7(20-2)5-9(8)18-13/h3-5H,15H2,1-2H3,(H,17,18). The maximum atomic E-state index is 5.97. The largest absolute Gasteiger partial charge is 0.497 e. The van der Waals surface area contributed by atoms with E-state index in [4.69, 9.17) is 22.1 Å². The summed E-state index contributed by atoms with van der Waals surface area (Å²) in [7, 11) is 1.62. The third kappa shape index (κ3) is 2.74. The number of fused-ring (bicyclic) bond motifs is 1. The number of hydrogen-bond acceptors (Lipinski definition) is 6. The highest BCUT2D eigenvalue weighted by molar-refractivity contribution is 7.99. The topological polar surface area (TPSA) is 89.7 Å². The molecule has 108 valence electrons. The van der Waals surface area contributed by atoms with Crippen LogP contribution in [0.5, 0.6) is 5.75 Å². The summed E-state index contributed by atoms with van der Waals surface area (Å²) in [6.07, 6.45) is 0. The van der Waals surface area contributed by atoms with E-state index >= 15 is 0 Å². The van der Waals surface area contributed by atoms with Crippen LogP contribution < -0.4 is 10.5 Å². The van der Waals surface area contributed by atoms with Gasteiger partial charge in [0.2, 0.25) is 5.28 Å². The minimum atomic E-state index is 0.169. The van der Waals surface area contributed by atoms with Crippen LogP contribution in [0.25, 0.3) is 11.0 Å². The van der Waals surface area contributed by atoms with Crippen LogP contribution in [0, 0.1) is 6.92 Å². The molecule has 8 heteroatoms. The molecule has 3 aromatic rings. The summed E-state index contributed by atoms with van der Waals surface area (Å²) < 4.78 is 5.19. The van der Waals surface area contributed by atoms with Gasteiger partial charge in [0, 0.05) is 6.07 Å². The van der Waals surface area contributed by atoms with E-state index < -0.39 is 0 Å². The number of aromatic nitrogens is 4. The fourth-order valence-electron chi connectivity index (χ4n) is 1.83. The SMILES string of the molecule is COc1ccc2nc(Sc3nc(Cl)nc(C)c3N)[nH]c2c1. The number of methoxy groups -OCH3 is 1. The molecule has 0 aliphatic rings. The molecule has 0 saturated carbocycles. The van der Waals surface area contributed by atoms with Crippen LogP contribution in [-0.4, -0.2) is 27.0 Å². The van der Waals surface area contributed by atoms with Gasteiger partial charge in [0.1, 0.15) is 10.8 Å². The van der Waals surface area contributed by atoms with Gasteiger partial charge in [-0.1, -0.05) is 0 Å². The van der Waals surface area contributed by atoms with E-state index in [1.807, 2.05) is 18.2 Å². The van der Waals surface area contributed by atoms with Crippen molar-refractivity contribution in [2.45, 2.75) is 17.1 Å². The van der Waals surface area contributed by atoms with Crippen molar-refractivity contribution < 1.29 is 4.74 Å². The number of imidazole rings is 1. The Hall–Kier alpha value is -1.99. The Morgan fingerprint density at radius 2 is 2.10 bits per heavy atom. The number of benzene rings is 1. The summed E-state index contributed by atoms with van der Waals surface area (Å²) in [5, 5.41) is 1.43. The molecule has 21 heavy (non-hydrogen) atoms. The lowest BCUT2D eigenvalue weighted by atomic mass is 10.3. The fraction of sp³-hybridized carbons (Fsp3) is 0.154. The zero-order valence-corrected chi connectivity index (χ0v) is 12.9. The first-order chi connectivity index (χ1) is 10.1. The molecule has 1 aromatic carbocycles. The Kier molecular flexibility index (Phi) is 3.60. The van der Waals surface area contributed by atoms with E-state index in [1.165, 1.54) is 11.8 Å². The summed E-state index contributed by atoms with van der Waals surface area (Å²) in [6.45, 7) is 1.79. The Morgan fingerprint density at radius 3 is 2.86 bits per heavy atom. The van der Waals surface area contributed by atoms with Crippen LogP contribution in [-0.2, 0) is 0 Å². The summed E-state index contributed by atoms with van der Waals surface area (Å²) in [6, 6.07) is 5.63. The number of nitrogen functional groups attached to an aromatic ring is 1. The predicted octanol–water partition coefficient (Wildman–Crippen LogP) is 3.06. The van der Waals surface area contributed by atoms with Crippen LogP contribution >= 0.6 is 23.4 Å². The molecule has 0 aliphatic carbocycles. The highest BCUT2D eigenvalue weighted by atomic mass is 35.5. The maximum Gasteiger partial charge on any atom is 0.223 e. The number of nitrogens with two attached hydrogens (primary N) is 1. The normalized spacial score (nSPS) is 11.0. The van der Waals surface area contributed by atoms with Gasteiger partial charge in [0.05, 0.1) is 29.5 Å². The second-order valence-corrected chi connectivity index (χ2v) is 5.64. The van der Waals surface area contributed by atoms with Gasteiger partial charge in [0.15, 0.2) is 5.16 Å². The molecular weight excluding hydrogens is 310 g/mol. The number of H-pyrrole nitrogens is 1. The zero-order valence-electron chi connectivity index (χ0n) is 11.3. The number of nitrogens with one attached hydrogen (secondary N) is 1. The summed E-state index contributed by atoms with van der Waals surface area (Å²) in [4.78, 5) is 15.8. The number of halogens is 1. The van der Waals surface area contributed by atoms with Gasteiger partial charge in [-0.25, -0.2) is 15.0 Å². The maximum absolute atomic E-state index is 5.97. The molecular formula is C13H12ClN5OS. The molecule has 0 aliphatic heterocycles. The number of aromatic amines is 1. The Labute approximate surface area is 130 Å². The molecule has 2 heterocycles. The molecule has 0 saturated heterocycles. The minimum absolute atomic E-state index is 0.169. The summed E-state index contributed by atoms with van der Waals surface area (Å²) in [5.41, 5.74) is 8.85. The van der Waals surface area contributed by atoms with Gasteiger partial charge >= 0.3 is 0 Å². The molecule has 0 fully saturated rings. The number of ether oxygens (including phenoxy) is 1. The van der Waals surface area contributed by atoms with E-state index in [2.05, 4.69) is 19.9 Å². The molecule has 6 nitrogen and oxygen atoms in total. The molecule has 2 aromatic heterocycles. The quantitative estimate of drug-likeness (QED) is 0.569. The number of rotatable bonds is 3. The molecule has 0 atom stereocenters. The van der Waals surface area contributed by atoms with Crippen molar-refractivity contribution in [1.29, 1.82) is 0 Å². The second kappa shape index (κ2) is 5.42. The van der Waals surface area contributed by atoms with Crippen molar-refractivity contribution in [2.24, 2.45) is 0 Å². The smallest absolute Gasteiger partial charge is 0.223 e. The zero-order chi connectivity index (χ0) is 15.0. The van der Waals surface area contributed by atoms with E-state index in [-0.39, 0.29) is 5.28 Å². The first-order valence-corrected chi connectivity index (χ1v) is 7.27. The summed E-state index contributed by atoms with van der Waals surface area (Å²) >= 11 is 7.18. The highest BCUT2D eigenvalue weighted by Gasteiger charge is 2.12. The van der Waals surface area contributed by atoms with Crippen LogP contribution in [0.4, 0.5) is 5.69 Å². The van der Waals surface area contributed by atoms with Gasteiger partial charge in [-0.3, -0.25) is 0 Å². The highest BCUT2D eigenvalue weighted by Crippen LogP contribution is 2.32. The molecule has 0 amide bonds. The number of aryl methyl sites for hydroxylation is 1. The fourth-order valence-corrected chi connectivity index (χ4v) is 2.97. The Bertz CT molecular complexity index is 820. The lowest BCUT2D eigenvalue weighted by Gasteiger charge is -2.04. The molecule has 0 radical (unpaired) electrons. The number of nitrogens with zero attached hydrogens (tertiary/aromatic N) is 3. The van der Waals surface area contributed by atoms with E-state index in [1.54, 1.807) is 14.0 Å². The van der Waals surface area contributed by atoms with Crippen LogP contribution in [0.3, 0.4) is 0 Å². The van der Waals surface area contributed by atoms with Crippen LogP contribution in [0.15, 0.2) is 28.4 Å². The van der Waals surface area contributed by atoms with E-state index in [0.29, 0.717) is 21.6 Å². The van der Waals surface area contributed by atoms with Gasteiger partial charge in [-0.2, -0.15) is 0 Å². The third-order valence-corrected chi connectivity index (χ3v) is 3.99. The molecule has 3 N–H and O–H groups in total. The molecule has 0 bridgehead atoms. The lowest BCUT2D eigenvalue weighted by molar-refractivity contribution is 0.415. The van der Waals surface area contributed by atoms with Gasteiger partial charge < -0.3 is 15.5 Å². The molecule has 3 rings (SSSR count). The average Bonchev–Trinajstić information content (AvgIpc) is 2.85. The van der Waals surface area contributed by atoms with E-state index in [0.717, 1.165) is 16.8 Å². The van der Waals surface area contributed by atoms with Crippen LogP contribution in [0.1, 0.15) is 5.69 Å². The molecule has 0 spiro atoms. The monoisotopic (exact) mass is 321 g/mol. The van der Waals surface area contributed by atoms with Gasteiger partial charge in [0.25, 0.3) is 0 Å². The van der Waals surface area contributed by atoms with Crippen molar-refractivity contribution >= 4 is 40.1 Å². The first kappa shape index (κ1) is 14.0. The van der Waals surface area contributed by atoms with Crippen molar-refractivity contribution in [3.8, 4) is 5.75 Å². The van der Waals surface area contributed by atoms with E-state index in [9.17, 15) is 0 Å². The third-order valence-electron chi connectivity index (χ3n) is 2.93. The minimum Gasteiger partial charge on any atom is -0.497 e. The molecule has 0 unspecified atom stereocenters. The average molecular weight is 322 g/mol. The first-order valence-electron chi connectivity index (χ1n) is 6.08. The number of anilines is 1. The van der Waals surface area contributed by atoms with Crippen molar-refractivity contribution in [3.63, 3.8) is 0 Å². The number of hydrogen-bond donors (Lipinski definition) is 2.